The number of benzene rings is 1. The van der Waals surface area contributed by atoms with Crippen molar-refractivity contribution < 1.29 is 23.5 Å². The molecule has 0 aliphatic carbocycles. The van der Waals surface area contributed by atoms with E-state index in [0.29, 0.717) is 11.4 Å². The van der Waals surface area contributed by atoms with Gasteiger partial charge in [-0.05, 0) is 32.9 Å². The highest BCUT2D eigenvalue weighted by Crippen LogP contribution is 2.29. The van der Waals surface area contributed by atoms with Gasteiger partial charge in [-0.15, -0.1) is 0 Å². The second-order valence-electron chi connectivity index (χ2n) is 7.28. The molecule has 0 saturated heterocycles. The average molecular weight is 463 g/mol. The Bertz CT molecular complexity index is 1460. The number of anilines is 1. The summed E-state index contributed by atoms with van der Waals surface area (Å²) in [6.45, 7) is 4.75. The third kappa shape index (κ3) is 4.22. The number of hydrogen-bond acceptors (Lipinski definition) is 10. The fraction of sp³-hybridized carbons (Fsp3) is 0.217. The van der Waals surface area contributed by atoms with Gasteiger partial charge >= 0.3 is 11.9 Å². The molecule has 1 aromatic carbocycles. The molecule has 0 aliphatic heterocycles. The minimum atomic E-state index is -0.945. The van der Waals surface area contributed by atoms with E-state index in [1.807, 2.05) is 18.2 Å². The number of aryl methyl sites for hydroxylation is 2. The SMILES string of the molecule is CCOC(=O)c1c(C)oc2nc(COC(=O)c3nn(-c4ccccc4)c(C)cc3=O)nc(N)c12. The molecule has 0 saturated carbocycles. The third-order valence-corrected chi connectivity index (χ3v) is 4.92. The molecular weight excluding hydrogens is 442 g/mol. The van der Waals surface area contributed by atoms with Crippen LogP contribution in [0.1, 0.15) is 45.0 Å². The van der Waals surface area contributed by atoms with Crippen LogP contribution in [0.25, 0.3) is 16.8 Å². The Morgan fingerprint density at radius 1 is 1.09 bits per heavy atom. The van der Waals surface area contributed by atoms with Gasteiger partial charge in [0.1, 0.15) is 17.1 Å². The number of para-hydroxylation sites is 1. The molecule has 0 unspecified atom stereocenters. The Balaban J connectivity index is 1.59. The number of nitrogens with zero attached hydrogens (tertiary/aromatic N) is 4. The van der Waals surface area contributed by atoms with E-state index < -0.39 is 24.0 Å². The van der Waals surface area contributed by atoms with Gasteiger partial charge in [-0.1, -0.05) is 18.2 Å². The first-order valence-corrected chi connectivity index (χ1v) is 10.4. The van der Waals surface area contributed by atoms with Gasteiger partial charge in [0.25, 0.3) is 0 Å². The first-order chi connectivity index (χ1) is 16.3. The predicted molar refractivity (Wildman–Crippen MR) is 121 cm³/mol. The lowest BCUT2D eigenvalue weighted by molar-refractivity contribution is 0.0450. The van der Waals surface area contributed by atoms with Crippen molar-refractivity contribution in [3.63, 3.8) is 0 Å². The molecule has 3 aromatic heterocycles. The van der Waals surface area contributed by atoms with Gasteiger partial charge < -0.3 is 19.6 Å². The minimum Gasteiger partial charge on any atom is -0.462 e. The third-order valence-electron chi connectivity index (χ3n) is 4.92. The first-order valence-electron chi connectivity index (χ1n) is 10.4. The highest BCUT2D eigenvalue weighted by atomic mass is 16.5. The zero-order valence-corrected chi connectivity index (χ0v) is 18.7. The number of ether oxygens (including phenoxy) is 2. The summed E-state index contributed by atoms with van der Waals surface area (Å²) >= 11 is 0. The van der Waals surface area contributed by atoms with Crippen molar-refractivity contribution >= 4 is 28.9 Å². The summed E-state index contributed by atoms with van der Waals surface area (Å²) in [4.78, 5) is 45.5. The van der Waals surface area contributed by atoms with E-state index in [0.717, 1.165) is 0 Å². The van der Waals surface area contributed by atoms with Gasteiger partial charge in [-0.3, -0.25) is 4.79 Å². The van der Waals surface area contributed by atoms with Crippen LogP contribution in [-0.4, -0.2) is 38.3 Å². The number of hydrogen-bond donors (Lipinski definition) is 1. The molecule has 11 heteroatoms. The van der Waals surface area contributed by atoms with Crippen LogP contribution in [0.5, 0.6) is 0 Å². The smallest absolute Gasteiger partial charge is 0.363 e. The molecule has 2 N–H and O–H groups in total. The van der Waals surface area contributed by atoms with Gasteiger partial charge in [-0.25, -0.2) is 19.3 Å². The largest absolute Gasteiger partial charge is 0.462 e. The van der Waals surface area contributed by atoms with E-state index in [-0.39, 0.29) is 46.4 Å². The second-order valence-corrected chi connectivity index (χ2v) is 7.28. The van der Waals surface area contributed by atoms with E-state index in [1.165, 1.54) is 10.7 Å². The van der Waals surface area contributed by atoms with E-state index in [2.05, 4.69) is 15.1 Å². The van der Waals surface area contributed by atoms with Gasteiger partial charge in [0.15, 0.2) is 12.4 Å². The van der Waals surface area contributed by atoms with Crippen molar-refractivity contribution in [3.05, 3.63) is 75.2 Å². The van der Waals surface area contributed by atoms with Crippen LogP contribution >= 0.6 is 0 Å². The summed E-state index contributed by atoms with van der Waals surface area (Å²) in [7, 11) is 0. The van der Waals surface area contributed by atoms with Gasteiger partial charge in [0.2, 0.25) is 16.8 Å². The van der Waals surface area contributed by atoms with Crippen LogP contribution in [0.3, 0.4) is 0 Å². The van der Waals surface area contributed by atoms with Gasteiger partial charge in [0.05, 0.1) is 17.7 Å². The predicted octanol–water partition coefficient (Wildman–Crippen LogP) is 2.50. The number of fused-ring (bicyclic) bond motifs is 1. The molecular formula is C23H21N5O6. The van der Waals surface area contributed by atoms with Crippen molar-refractivity contribution in [2.24, 2.45) is 0 Å². The Hall–Kier alpha value is -4.54. The lowest BCUT2D eigenvalue weighted by Gasteiger charge is -2.11. The number of carbonyl (C=O) groups is 2. The number of nitrogens with two attached hydrogens (primary N) is 1. The molecule has 0 radical (unpaired) electrons. The molecule has 0 amide bonds. The second kappa shape index (κ2) is 9.14. The highest BCUT2D eigenvalue weighted by molar-refractivity contribution is 6.07. The summed E-state index contributed by atoms with van der Waals surface area (Å²) in [5.41, 5.74) is 6.49. The summed E-state index contributed by atoms with van der Waals surface area (Å²) in [6, 6.07) is 10.4. The lowest BCUT2D eigenvalue weighted by atomic mass is 10.2. The number of furan rings is 1. The lowest BCUT2D eigenvalue weighted by Crippen LogP contribution is -2.24. The van der Waals surface area contributed by atoms with Crippen LogP contribution in [0.2, 0.25) is 0 Å². The van der Waals surface area contributed by atoms with Crippen molar-refractivity contribution in [2.45, 2.75) is 27.4 Å². The molecule has 4 rings (SSSR count). The van der Waals surface area contributed by atoms with Crippen LogP contribution in [0.4, 0.5) is 5.82 Å². The molecule has 0 spiro atoms. The van der Waals surface area contributed by atoms with Crippen LogP contribution in [0.15, 0.2) is 45.6 Å². The normalized spacial score (nSPS) is 10.9. The number of nitrogen functional groups attached to an aromatic ring is 1. The number of esters is 2. The number of carbonyl (C=O) groups excluding carboxylic acids is 2. The van der Waals surface area contributed by atoms with Crippen LogP contribution in [0, 0.1) is 13.8 Å². The minimum absolute atomic E-state index is 0.0259. The Morgan fingerprint density at radius 2 is 1.82 bits per heavy atom. The first kappa shape index (κ1) is 22.6. The molecule has 0 atom stereocenters. The zero-order valence-electron chi connectivity index (χ0n) is 18.7. The maximum atomic E-state index is 12.6. The van der Waals surface area contributed by atoms with Crippen LogP contribution in [-0.2, 0) is 16.1 Å². The average Bonchev–Trinajstić information content (AvgIpc) is 3.14. The summed E-state index contributed by atoms with van der Waals surface area (Å²) in [5, 5.41) is 4.39. The van der Waals surface area contributed by atoms with E-state index in [9.17, 15) is 14.4 Å². The molecule has 3 heterocycles. The summed E-state index contributed by atoms with van der Waals surface area (Å²) < 4.78 is 17.3. The van der Waals surface area contributed by atoms with E-state index in [1.54, 1.807) is 32.9 Å². The molecule has 0 fully saturated rings. The van der Waals surface area contributed by atoms with E-state index in [4.69, 9.17) is 19.6 Å². The maximum absolute atomic E-state index is 12.6. The summed E-state index contributed by atoms with van der Waals surface area (Å²) in [5.74, 6) is -1.28. The summed E-state index contributed by atoms with van der Waals surface area (Å²) in [6.07, 6.45) is 0. The molecule has 4 aromatic rings. The fourth-order valence-electron chi connectivity index (χ4n) is 3.41. The Kier molecular flexibility index (Phi) is 6.09. The topological polar surface area (TPSA) is 152 Å². The number of rotatable bonds is 6. The van der Waals surface area contributed by atoms with Gasteiger partial charge in [-0.2, -0.15) is 10.1 Å². The van der Waals surface area contributed by atoms with E-state index >= 15 is 0 Å². The quantitative estimate of drug-likeness (QED) is 0.422. The Morgan fingerprint density at radius 3 is 2.53 bits per heavy atom. The van der Waals surface area contributed by atoms with Crippen molar-refractivity contribution in [1.82, 2.24) is 19.7 Å². The molecule has 34 heavy (non-hydrogen) atoms. The standard InChI is InChI=1S/C23H21N5O6/c1-4-32-22(30)17-13(3)34-21-18(17)20(24)25-16(26-21)11-33-23(31)19-15(29)10-12(2)28(27-19)14-8-6-5-7-9-14/h5-10H,4,11H2,1-3H3,(H2,24,25,26). The zero-order chi connectivity index (χ0) is 24.4. The fourth-order valence-corrected chi connectivity index (χ4v) is 3.41. The highest BCUT2D eigenvalue weighted by Gasteiger charge is 2.24. The molecule has 174 valence electrons. The van der Waals surface area contributed by atoms with Gasteiger partial charge in [0, 0.05) is 11.8 Å². The number of aromatic nitrogens is 4. The Labute approximate surface area is 193 Å². The monoisotopic (exact) mass is 463 g/mol. The maximum Gasteiger partial charge on any atom is 0.363 e. The van der Waals surface area contributed by atoms with Crippen molar-refractivity contribution in [3.8, 4) is 5.69 Å². The van der Waals surface area contributed by atoms with Crippen LogP contribution < -0.4 is 11.2 Å². The van der Waals surface area contributed by atoms with Crippen molar-refractivity contribution in [2.75, 3.05) is 12.3 Å². The molecule has 0 bridgehead atoms. The van der Waals surface area contributed by atoms with Crippen molar-refractivity contribution in [1.29, 1.82) is 0 Å². The molecule has 11 nitrogen and oxygen atoms in total. The molecule has 0 aliphatic rings.